The minimum Gasteiger partial charge on any atom is -0.388 e. The second-order valence-corrected chi connectivity index (χ2v) is 4.17. The third kappa shape index (κ3) is 7.00. The Labute approximate surface area is 106 Å². The summed E-state index contributed by atoms with van der Waals surface area (Å²) in [6, 6.07) is 0. The molecule has 0 aliphatic rings. The van der Waals surface area contributed by atoms with Gasteiger partial charge in [0.25, 0.3) is 0 Å². The zero-order chi connectivity index (χ0) is 14.1. The quantitative estimate of drug-likeness (QED) is 0.269. The molecule has 7 heteroatoms. The standard InChI is InChI=1S/C11H22O7/c1-7(2)18-4-3-17-6-9(14)11(16)10(15)8(13)5-12/h5,7-11,13-16H,3-4,6H2,1-2H3. The molecule has 4 atom stereocenters. The van der Waals surface area contributed by atoms with Gasteiger partial charge in [-0.05, 0) is 13.8 Å². The molecule has 0 amide bonds. The van der Waals surface area contributed by atoms with Crippen molar-refractivity contribution in [1.29, 1.82) is 0 Å². The summed E-state index contributed by atoms with van der Waals surface area (Å²) in [5.74, 6) is 0. The first-order valence-corrected chi connectivity index (χ1v) is 5.77. The number of ether oxygens (including phenoxy) is 2. The number of rotatable bonds is 10. The van der Waals surface area contributed by atoms with Crippen molar-refractivity contribution in [2.24, 2.45) is 0 Å². The topological polar surface area (TPSA) is 116 Å². The van der Waals surface area contributed by atoms with E-state index in [2.05, 4.69) is 0 Å². The molecule has 0 aromatic rings. The highest BCUT2D eigenvalue weighted by Gasteiger charge is 2.30. The predicted molar refractivity (Wildman–Crippen MR) is 62.0 cm³/mol. The lowest BCUT2D eigenvalue weighted by Crippen LogP contribution is -2.46. The molecule has 0 fully saturated rings. The fourth-order valence-corrected chi connectivity index (χ4v) is 1.16. The van der Waals surface area contributed by atoms with Crippen LogP contribution in [0, 0.1) is 0 Å². The highest BCUT2D eigenvalue weighted by Crippen LogP contribution is 2.04. The molecule has 0 aromatic carbocycles. The van der Waals surface area contributed by atoms with E-state index in [1.54, 1.807) is 0 Å². The van der Waals surface area contributed by atoms with E-state index in [1.165, 1.54) is 0 Å². The number of carbonyl (C=O) groups excluding carboxylic acids is 1. The molecule has 0 saturated carbocycles. The van der Waals surface area contributed by atoms with Gasteiger partial charge in [-0.25, -0.2) is 0 Å². The number of aliphatic hydroxyl groups excluding tert-OH is 4. The highest BCUT2D eigenvalue weighted by atomic mass is 16.5. The molecule has 0 radical (unpaired) electrons. The van der Waals surface area contributed by atoms with Gasteiger partial charge in [-0.2, -0.15) is 0 Å². The van der Waals surface area contributed by atoms with Crippen LogP contribution in [-0.2, 0) is 14.3 Å². The van der Waals surface area contributed by atoms with Gasteiger partial charge in [0, 0.05) is 0 Å². The van der Waals surface area contributed by atoms with Crippen LogP contribution in [0.15, 0.2) is 0 Å². The van der Waals surface area contributed by atoms with Crippen molar-refractivity contribution < 1.29 is 34.7 Å². The average molecular weight is 266 g/mol. The number of aldehydes is 1. The van der Waals surface area contributed by atoms with Crippen LogP contribution < -0.4 is 0 Å². The van der Waals surface area contributed by atoms with Gasteiger partial charge in [-0.1, -0.05) is 0 Å². The lowest BCUT2D eigenvalue weighted by molar-refractivity contribution is -0.139. The predicted octanol–water partition coefficient (Wildman–Crippen LogP) is -1.93. The maximum Gasteiger partial charge on any atom is 0.151 e. The highest BCUT2D eigenvalue weighted by molar-refractivity contribution is 5.56. The number of hydrogen-bond acceptors (Lipinski definition) is 7. The van der Waals surface area contributed by atoms with E-state index in [1.807, 2.05) is 13.8 Å². The van der Waals surface area contributed by atoms with Crippen LogP contribution in [0.1, 0.15) is 13.8 Å². The van der Waals surface area contributed by atoms with Gasteiger partial charge in [0.15, 0.2) is 6.29 Å². The molecule has 0 saturated heterocycles. The molecular formula is C11H22O7. The first-order chi connectivity index (χ1) is 8.40. The second-order valence-electron chi connectivity index (χ2n) is 4.17. The molecular weight excluding hydrogens is 244 g/mol. The molecule has 0 bridgehead atoms. The van der Waals surface area contributed by atoms with Crippen molar-refractivity contribution in [3.05, 3.63) is 0 Å². The minimum absolute atomic E-state index is 0.0775. The van der Waals surface area contributed by atoms with Crippen LogP contribution in [0.4, 0.5) is 0 Å². The minimum atomic E-state index is -1.74. The lowest BCUT2D eigenvalue weighted by atomic mass is 10.0. The second kappa shape index (κ2) is 9.37. The van der Waals surface area contributed by atoms with Crippen molar-refractivity contribution in [2.75, 3.05) is 19.8 Å². The van der Waals surface area contributed by atoms with Crippen molar-refractivity contribution in [2.45, 2.75) is 44.4 Å². The van der Waals surface area contributed by atoms with Crippen LogP contribution >= 0.6 is 0 Å². The normalized spacial score (nSPS) is 18.4. The van der Waals surface area contributed by atoms with Crippen molar-refractivity contribution in [1.82, 2.24) is 0 Å². The lowest BCUT2D eigenvalue weighted by Gasteiger charge is -2.24. The Morgan fingerprint density at radius 2 is 1.67 bits per heavy atom. The summed E-state index contributed by atoms with van der Waals surface area (Å²) in [5.41, 5.74) is 0. The molecule has 0 aliphatic carbocycles. The Morgan fingerprint density at radius 3 is 2.17 bits per heavy atom. The van der Waals surface area contributed by atoms with Crippen LogP contribution in [0.25, 0.3) is 0 Å². The summed E-state index contributed by atoms with van der Waals surface area (Å²) >= 11 is 0. The van der Waals surface area contributed by atoms with Crippen LogP contribution in [0.5, 0.6) is 0 Å². The van der Waals surface area contributed by atoms with Gasteiger partial charge in [0.1, 0.15) is 24.4 Å². The molecule has 0 aliphatic heterocycles. The van der Waals surface area contributed by atoms with Gasteiger partial charge in [0.2, 0.25) is 0 Å². The summed E-state index contributed by atoms with van der Waals surface area (Å²) in [6.45, 7) is 4.09. The summed E-state index contributed by atoms with van der Waals surface area (Å²) in [4.78, 5) is 10.2. The first kappa shape index (κ1) is 17.4. The summed E-state index contributed by atoms with van der Waals surface area (Å²) in [5, 5.41) is 37.1. The van der Waals surface area contributed by atoms with Crippen LogP contribution in [0.3, 0.4) is 0 Å². The molecule has 7 nitrogen and oxygen atoms in total. The van der Waals surface area contributed by atoms with E-state index >= 15 is 0 Å². The van der Waals surface area contributed by atoms with E-state index in [0.29, 0.717) is 6.61 Å². The van der Waals surface area contributed by atoms with Gasteiger partial charge in [0.05, 0.1) is 25.9 Å². The van der Waals surface area contributed by atoms with Crippen molar-refractivity contribution in [3.8, 4) is 0 Å². The van der Waals surface area contributed by atoms with E-state index in [9.17, 15) is 20.1 Å². The van der Waals surface area contributed by atoms with Gasteiger partial charge < -0.3 is 34.7 Å². The SMILES string of the molecule is CC(C)OCCOCC(O)C(O)C(O)C(O)C=O. The van der Waals surface area contributed by atoms with Gasteiger partial charge >= 0.3 is 0 Å². The number of hydrogen-bond donors (Lipinski definition) is 4. The first-order valence-electron chi connectivity index (χ1n) is 5.77. The monoisotopic (exact) mass is 266 g/mol. The summed E-state index contributed by atoms with van der Waals surface area (Å²) < 4.78 is 10.2. The molecule has 4 unspecified atom stereocenters. The zero-order valence-electron chi connectivity index (χ0n) is 10.6. The summed E-state index contributed by atoms with van der Waals surface area (Å²) in [7, 11) is 0. The Kier molecular flexibility index (Phi) is 9.08. The Bertz CT molecular complexity index is 221. The summed E-state index contributed by atoms with van der Waals surface area (Å²) in [6.07, 6.45) is -6.37. The Hall–Kier alpha value is -0.570. The van der Waals surface area contributed by atoms with E-state index in [4.69, 9.17) is 14.6 Å². The van der Waals surface area contributed by atoms with Crippen molar-refractivity contribution in [3.63, 3.8) is 0 Å². The Balaban J connectivity index is 3.80. The number of carbonyl (C=O) groups is 1. The average Bonchev–Trinajstić information content (AvgIpc) is 2.34. The fraction of sp³-hybridized carbons (Fsp3) is 0.909. The molecule has 0 aromatic heterocycles. The fourth-order valence-electron chi connectivity index (χ4n) is 1.16. The smallest absolute Gasteiger partial charge is 0.151 e. The zero-order valence-corrected chi connectivity index (χ0v) is 10.6. The maximum atomic E-state index is 10.2. The molecule has 0 rings (SSSR count). The largest absolute Gasteiger partial charge is 0.388 e. The van der Waals surface area contributed by atoms with Gasteiger partial charge in [-0.3, -0.25) is 0 Å². The van der Waals surface area contributed by atoms with Gasteiger partial charge in [-0.15, -0.1) is 0 Å². The molecule has 4 N–H and O–H groups in total. The van der Waals surface area contributed by atoms with E-state index in [0.717, 1.165) is 0 Å². The molecule has 18 heavy (non-hydrogen) atoms. The number of aliphatic hydroxyl groups is 4. The van der Waals surface area contributed by atoms with Crippen LogP contribution in [0.2, 0.25) is 0 Å². The Morgan fingerprint density at radius 1 is 1.06 bits per heavy atom. The third-order valence-electron chi connectivity index (χ3n) is 2.20. The molecule has 108 valence electrons. The van der Waals surface area contributed by atoms with E-state index in [-0.39, 0.29) is 25.6 Å². The van der Waals surface area contributed by atoms with Crippen LogP contribution in [-0.4, -0.2) is 77.1 Å². The molecule has 0 heterocycles. The van der Waals surface area contributed by atoms with Crippen molar-refractivity contribution >= 4 is 6.29 Å². The third-order valence-corrected chi connectivity index (χ3v) is 2.20. The van der Waals surface area contributed by atoms with E-state index < -0.39 is 24.4 Å². The maximum absolute atomic E-state index is 10.2. The molecule has 0 spiro atoms.